The van der Waals surface area contributed by atoms with E-state index in [4.69, 9.17) is 0 Å². The Bertz CT molecular complexity index is 458. The Hall–Kier alpha value is -1.69. The Balaban J connectivity index is 1.98. The summed E-state index contributed by atoms with van der Waals surface area (Å²) in [6.45, 7) is 4.56. The molecule has 0 amide bonds. The van der Waals surface area contributed by atoms with Gasteiger partial charge in [-0.3, -0.25) is 4.68 Å². The average molecular weight is 234 g/mol. The third-order valence-electron chi connectivity index (χ3n) is 2.49. The number of nitrogens with zero attached hydrogens (tertiary/aromatic N) is 5. The summed E-state index contributed by atoms with van der Waals surface area (Å²) in [5.41, 5.74) is 0.995. The molecule has 0 unspecified atom stereocenters. The highest BCUT2D eigenvalue weighted by Gasteiger charge is 2.05. The van der Waals surface area contributed by atoms with Crippen LogP contribution in [-0.2, 0) is 20.1 Å². The van der Waals surface area contributed by atoms with E-state index in [-0.39, 0.29) is 0 Å². The molecule has 2 rings (SSSR count). The first-order valence-corrected chi connectivity index (χ1v) is 5.85. The van der Waals surface area contributed by atoms with Crippen molar-refractivity contribution in [3.8, 4) is 0 Å². The van der Waals surface area contributed by atoms with Gasteiger partial charge >= 0.3 is 0 Å². The van der Waals surface area contributed by atoms with Gasteiger partial charge in [0.2, 0.25) is 0 Å². The molecular formula is C11H18N6. The van der Waals surface area contributed by atoms with Crippen LogP contribution in [0.5, 0.6) is 0 Å². The van der Waals surface area contributed by atoms with Crippen molar-refractivity contribution in [2.75, 3.05) is 6.54 Å². The number of hydrogen-bond acceptors (Lipinski definition) is 4. The predicted octanol–water partition coefficient (Wildman–Crippen LogP) is 0.559. The fourth-order valence-corrected chi connectivity index (χ4v) is 1.63. The third kappa shape index (κ3) is 3.13. The molecule has 0 fully saturated rings. The number of aromatic nitrogens is 5. The van der Waals surface area contributed by atoms with Crippen LogP contribution in [0.1, 0.15) is 24.9 Å². The van der Waals surface area contributed by atoms with Crippen molar-refractivity contribution in [3.63, 3.8) is 0 Å². The Morgan fingerprint density at radius 3 is 3.00 bits per heavy atom. The molecule has 0 saturated carbocycles. The summed E-state index contributed by atoms with van der Waals surface area (Å²) < 4.78 is 3.67. The molecule has 0 aliphatic carbocycles. The fraction of sp³-hybridized carbons (Fsp3) is 0.545. The zero-order valence-corrected chi connectivity index (χ0v) is 10.3. The van der Waals surface area contributed by atoms with E-state index in [0.717, 1.165) is 31.0 Å². The first kappa shape index (κ1) is 11.8. The lowest BCUT2D eigenvalue weighted by atomic mass is 10.4. The number of hydrogen-bond donors (Lipinski definition) is 1. The van der Waals surface area contributed by atoms with Crippen molar-refractivity contribution in [2.45, 2.75) is 26.4 Å². The highest BCUT2D eigenvalue weighted by Crippen LogP contribution is 2.01. The van der Waals surface area contributed by atoms with Crippen molar-refractivity contribution < 1.29 is 0 Å². The molecule has 0 radical (unpaired) electrons. The van der Waals surface area contributed by atoms with Gasteiger partial charge in [0.1, 0.15) is 12.2 Å². The molecule has 0 bridgehead atoms. The minimum Gasteiger partial charge on any atom is -0.310 e. The van der Waals surface area contributed by atoms with E-state index in [2.05, 4.69) is 27.4 Å². The lowest BCUT2D eigenvalue weighted by molar-refractivity contribution is 0.573. The van der Waals surface area contributed by atoms with Gasteiger partial charge in [0.05, 0.1) is 18.8 Å². The molecule has 1 N–H and O–H groups in total. The van der Waals surface area contributed by atoms with E-state index < -0.39 is 0 Å². The molecule has 0 saturated heterocycles. The van der Waals surface area contributed by atoms with Crippen LogP contribution in [0.25, 0.3) is 0 Å². The van der Waals surface area contributed by atoms with Crippen LogP contribution in [0.2, 0.25) is 0 Å². The average Bonchev–Trinajstić information content (AvgIpc) is 2.90. The lowest BCUT2D eigenvalue weighted by Crippen LogP contribution is -2.18. The molecule has 2 aromatic rings. The molecule has 2 aromatic heterocycles. The molecule has 92 valence electrons. The third-order valence-corrected chi connectivity index (χ3v) is 2.49. The Morgan fingerprint density at radius 1 is 1.41 bits per heavy atom. The van der Waals surface area contributed by atoms with E-state index in [0.29, 0.717) is 6.54 Å². The SMILES string of the molecule is CCCNCc1ncnn1Cc1ccn(C)n1. The minimum atomic E-state index is 0.671. The minimum absolute atomic E-state index is 0.671. The van der Waals surface area contributed by atoms with Crippen LogP contribution in [0, 0.1) is 0 Å². The van der Waals surface area contributed by atoms with Crippen molar-refractivity contribution in [1.29, 1.82) is 0 Å². The maximum Gasteiger partial charge on any atom is 0.141 e. The molecule has 6 nitrogen and oxygen atoms in total. The van der Waals surface area contributed by atoms with Crippen LogP contribution < -0.4 is 5.32 Å². The van der Waals surface area contributed by atoms with Gasteiger partial charge in [0.25, 0.3) is 0 Å². The van der Waals surface area contributed by atoms with Crippen LogP contribution >= 0.6 is 0 Å². The van der Waals surface area contributed by atoms with Gasteiger partial charge in [-0.25, -0.2) is 9.67 Å². The van der Waals surface area contributed by atoms with Gasteiger partial charge in [-0.1, -0.05) is 6.92 Å². The van der Waals surface area contributed by atoms with Gasteiger partial charge in [-0.15, -0.1) is 0 Å². The van der Waals surface area contributed by atoms with Crippen molar-refractivity contribution in [1.82, 2.24) is 29.9 Å². The largest absolute Gasteiger partial charge is 0.310 e. The summed E-state index contributed by atoms with van der Waals surface area (Å²) in [6, 6.07) is 1.99. The van der Waals surface area contributed by atoms with E-state index >= 15 is 0 Å². The van der Waals surface area contributed by atoms with Crippen molar-refractivity contribution >= 4 is 0 Å². The van der Waals surface area contributed by atoms with Crippen molar-refractivity contribution in [3.05, 3.63) is 30.1 Å². The second-order valence-corrected chi connectivity index (χ2v) is 3.99. The molecule has 0 aromatic carbocycles. The molecule has 0 aliphatic rings. The Kier molecular flexibility index (Phi) is 3.87. The fourth-order valence-electron chi connectivity index (χ4n) is 1.63. The zero-order valence-electron chi connectivity index (χ0n) is 10.3. The summed E-state index contributed by atoms with van der Waals surface area (Å²) in [6.07, 6.45) is 4.64. The maximum absolute atomic E-state index is 4.33. The number of aryl methyl sites for hydroxylation is 1. The smallest absolute Gasteiger partial charge is 0.141 e. The normalized spacial score (nSPS) is 10.9. The molecule has 17 heavy (non-hydrogen) atoms. The van der Waals surface area contributed by atoms with Crippen molar-refractivity contribution in [2.24, 2.45) is 7.05 Å². The molecule has 6 heteroatoms. The van der Waals surface area contributed by atoms with Gasteiger partial charge in [-0.05, 0) is 19.0 Å². The number of nitrogens with one attached hydrogen (secondary N) is 1. The molecule has 0 aliphatic heterocycles. The molecule has 0 atom stereocenters. The van der Waals surface area contributed by atoms with Crippen LogP contribution in [0.15, 0.2) is 18.6 Å². The van der Waals surface area contributed by atoms with E-state index in [1.54, 1.807) is 11.0 Å². The van der Waals surface area contributed by atoms with Gasteiger partial charge in [0.15, 0.2) is 0 Å². The predicted molar refractivity (Wildman–Crippen MR) is 64.3 cm³/mol. The quantitative estimate of drug-likeness (QED) is 0.742. The van der Waals surface area contributed by atoms with Gasteiger partial charge in [-0.2, -0.15) is 10.2 Å². The second-order valence-electron chi connectivity index (χ2n) is 3.99. The van der Waals surface area contributed by atoms with Crippen LogP contribution in [0.3, 0.4) is 0 Å². The monoisotopic (exact) mass is 234 g/mol. The summed E-state index contributed by atoms with van der Waals surface area (Å²) in [5.74, 6) is 0.948. The molecule has 2 heterocycles. The Labute approximate surface area is 101 Å². The van der Waals surface area contributed by atoms with Crippen LogP contribution in [-0.4, -0.2) is 31.1 Å². The first-order valence-electron chi connectivity index (χ1n) is 5.85. The highest BCUT2D eigenvalue weighted by atomic mass is 15.4. The first-order chi connectivity index (χ1) is 8.29. The van der Waals surface area contributed by atoms with E-state index in [1.807, 2.05) is 24.0 Å². The zero-order chi connectivity index (χ0) is 12.1. The van der Waals surface area contributed by atoms with Gasteiger partial charge < -0.3 is 5.32 Å². The van der Waals surface area contributed by atoms with E-state index in [1.165, 1.54) is 0 Å². The topological polar surface area (TPSA) is 60.6 Å². The van der Waals surface area contributed by atoms with E-state index in [9.17, 15) is 0 Å². The standard InChI is InChI=1S/C11H18N6/c1-3-5-12-7-11-13-9-14-17(11)8-10-4-6-16(2)15-10/h4,6,9,12H,3,5,7-8H2,1-2H3. The molecular weight excluding hydrogens is 216 g/mol. The summed E-state index contributed by atoms with van der Waals surface area (Å²) in [7, 11) is 1.91. The maximum atomic E-state index is 4.33. The number of rotatable bonds is 6. The van der Waals surface area contributed by atoms with Crippen LogP contribution in [0.4, 0.5) is 0 Å². The summed E-state index contributed by atoms with van der Waals surface area (Å²) in [5, 5.41) is 11.9. The summed E-state index contributed by atoms with van der Waals surface area (Å²) >= 11 is 0. The second kappa shape index (κ2) is 5.58. The summed E-state index contributed by atoms with van der Waals surface area (Å²) in [4.78, 5) is 4.25. The van der Waals surface area contributed by atoms with Gasteiger partial charge in [0, 0.05) is 13.2 Å². The molecule has 0 spiro atoms. The lowest BCUT2D eigenvalue weighted by Gasteiger charge is -2.05. The highest BCUT2D eigenvalue weighted by molar-refractivity contribution is 5.00. The Morgan fingerprint density at radius 2 is 2.29 bits per heavy atom.